The number of aliphatic imine (C=N–C) groups is 1. The Labute approximate surface area is 339 Å². The average Bonchev–Trinajstić information content (AvgIpc) is 3.84. The number of benzene rings is 3. The van der Waals surface area contributed by atoms with Gasteiger partial charge in [-0.05, 0) is 42.8 Å². The van der Waals surface area contributed by atoms with Crippen LogP contribution in [0.15, 0.2) is 77.8 Å². The van der Waals surface area contributed by atoms with Gasteiger partial charge in [-0.25, -0.2) is 4.99 Å². The number of H-pyrrole nitrogens is 1. The molecule has 1 aromatic heterocycles. The zero-order valence-electron chi connectivity index (χ0n) is 32.2. The number of nitrogens with one attached hydrogen (secondary N) is 2. The number of aliphatic hydroxyl groups is 6. The first-order valence-electron chi connectivity index (χ1n) is 19.5. The highest BCUT2D eigenvalue weighted by Crippen LogP contribution is 2.36. The highest BCUT2D eigenvalue weighted by molar-refractivity contribution is 6.62. The maximum atomic E-state index is 12.8. The Bertz CT molecular complexity index is 2100. The van der Waals surface area contributed by atoms with Crippen molar-refractivity contribution >= 4 is 46.5 Å². The molecule has 1 amide bonds. The van der Waals surface area contributed by atoms with Crippen LogP contribution in [0.4, 0.5) is 11.4 Å². The highest BCUT2D eigenvalue weighted by Gasteiger charge is 2.56. The summed E-state index contributed by atoms with van der Waals surface area (Å²) in [6.45, 7) is 2.60. The van der Waals surface area contributed by atoms with Gasteiger partial charge in [-0.3, -0.25) is 9.69 Å². The van der Waals surface area contributed by atoms with Gasteiger partial charge >= 0.3 is 7.12 Å². The molecule has 18 nitrogen and oxygen atoms in total. The van der Waals surface area contributed by atoms with Gasteiger partial charge in [0.2, 0.25) is 5.91 Å². The van der Waals surface area contributed by atoms with Crippen molar-refractivity contribution in [2.75, 3.05) is 58.3 Å². The van der Waals surface area contributed by atoms with Gasteiger partial charge in [0.05, 0.1) is 42.8 Å². The van der Waals surface area contributed by atoms with E-state index in [2.05, 4.69) is 27.1 Å². The van der Waals surface area contributed by atoms with Crippen LogP contribution in [0.5, 0.6) is 5.88 Å². The molecule has 8 rings (SSSR count). The molecule has 0 spiro atoms. The number of hydrogen-bond acceptors (Lipinski definition) is 16. The lowest BCUT2D eigenvalue weighted by atomic mass is 9.79. The Hall–Kier alpha value is -4.32. The van der Waals surface area contributed by atoms with Crippen molar-refractivity contribution in [3.8, 4) is 5.88 Å². The second-order valence-electron chi connectivity index (χ2n) is 15.2. The fourth-order valence-corrected chi connectivity index (χ4v) is 7.94. The second-order valence-corrected chi connectivity index (χ2v) is 15.2. The predicted molar refractivity (Wildman–Crippen MR) is 212 cm³/mol. The van der Waals surface area contributed by atoms with Gasteiger partial charge in [-0.2, -0.15) is 0 Å². The van der Waals surface area contributed by atoms with Crippen LogP contribution < -0.4 is 10.8 Å². The molecule has 3 aromatic carbocycles. The number of fused-ring (bicyclic) bond motifs is 2. The summed E-state index contributed by atoms with van der Waals surface area (Å²) in [5.74, 6) is -0.222. The van der Waals surface area contributed by atoms with Crippen LogP contribution in [0.1, 0.15) is 11.1 Å². The van der Waals surface area contributed by atoms with Crippen molar-refractivity contribution in [2.24, 2.45) is 4.99 Å². The predicted octanol–water partition coefficient (Wildman–Crippen LogP) is -1.40. The summed E-state index contributed by atoms with van der Waals surface area (Å²) in [5.41, 5.74) is 3.95. The zero-order valence-corrected chi connectivity index (χ0v) is 32.2. The van der Waals surface area contributed by atoms with E-state index in [1.54, 1.807) is 42.5 Å². The van der Waals surface area contributed by atoms with E-state index in [1.165, 1.54) is 0 Å². The van der Waals surface area contributed by atoms with Crippen molar-refractivity contribution in [1.29, 1.82) is 0 Å². The van der Waals surface area contributed by atoms with Crippen LogP contribution in [0.25, 0.3) is 10.9 Å². The van der Waals surface area contributed by atoms with Crippen LogP contribution in [0.2, 0.25) is 0 Å². The molecule has 0 saturated carbocycles. The Morgan fingerprint density at radius 2 is 1.59 bits per heavy atom. The van der Waals surface area contributed by atoms with Crippen molar-refractivity contribution in [3.63, 3.8) is 0 Å². The number of ether oxygens (including phenoxy) is 3. The molecule has 19 heteroatoms. The number of amides is 1. The zero-order chi connectivity index (χ0) is 41.4. The number of aromatic amines is 1. The number of aromatic hydroxyl groups is 1. The molecule has 0 unspecified atom stereocenters. The summed E-state index contributed by atoms with van der Waals surface area (Å²) < 4.78 is 29.1. The minimum atomic E-state index is -1.77. The molecule has 9 N–H and O–H groups in total. The van der Waals surface area contributed by atoms with E-state index in [4.69, 9.17) is 28.5 Å². The fraction of sp³-hybridized carbons (Fsp3) is 0.450. The molecule has 5 heterocycles. The third kappa shape index (κ3) is 8.66. The number of aliphatic hydroxyl groups excluding tert-OH is 6. The van der Waals surface area contributed by atoms with Crippen molar-refractivity contribution in [2.45, 2.75) is 61.4 Å². The van der Waals surface area contributed by atoms with E-state index >= 15 is 0 Å². The quantitative estimate of drug-likeness (QED) is 0.0624. The number of hydrogen-bond donors (Lipinski definition) is 9. The largest absolute Gasteiger partial charge is 0.494 e. The molecule has 10 atom stereocenters. The molecule has 4 aliphatic rings. The average molecular weight is 818 g/mol. The van der Waals surface area contributed by atoms with Gasteiger partial charge in [0.1, 0.15) is 42.7 Å². The molecular weight excluding hydrogens is 769 g/mol. The molecule has 4 aliphatic heterocycles. The van der Waals surface area contributed by atoms with Crippen LogP contribution in [0, 0.1) is 0 Å². The second kappa shape index (κ2) is 17.7. The number of likely N-dealkylation sites (N-methyl/N-ethyl adjacent to an activating group) is 1. The van der Waals surface area contributed by atoms with E-state index in [1.807, 2.05) is 30.3 Å². The first kappa shape index (κ1) is 41.4. The Morgan fingerprint density at radius 3 is 2.31 bits per heavy atom. The van der Waals surface area contributed by atoms with Crippen LogP contribution >= 0.6 is 0 Å². The van der Waals surface area contributed by atoms with Gasteiger partial charge in [0.15, 0.2) is 18.5 Å². The Morgan fingerprint density at radius 1 is 0.881 bits per heavy atom. The van der Waals surface area contributed by atoms with E-state index in [-0.39, 0.29) is 11.8 Å². The Balaban J connectivity index is 1.01. The summed E-state index contributed by atoms with van der Waals surface area (Å²) in [5, 5.41) is 76.9. The maximum Gasteiger partial charge on any atom is 0.494 e. The van der Waals surface area contributed by atoms with Gasteiger partial charge in [0, 0.05) is 48.3 Å². The number of piperazine rings is 1. The molecule has 4 aromatic rings. The summed E-state index contributed by atoms with van der Waals surface area (Å²) in [7, 11) is 1.02. The normalized spacial score (nSPS) is 30.8. The minimum absolute atomic E-state index is 0.0893. The summed E-state index contributed by atoms with van der Waals surface area (Å²) in [4.78, 5) is 25.1. The standard InChI is InChI=1S/C40H48BN5O13/c1-45-13-15-46(16-14-45)18-29(49)42-23-8-10-24(11-9-23)43-31(21-5-3-2-4-6-21)30-25-12-7-22(17-26(25)44-38(30)53)41-58-36-28(20-48)56-40(34(52)37(36)59-41)57-35-27(19-47)55-39(54)33(51)32(35)50/h2-12,17,27-28,32-37,39-40,44,47-48,50-54H,13-16,18-20H2,1H3,(H,42,49)/t27-,28-,32-,33-,34-,35-,36+,37-,39+,40+/m1/s1. The van der Waals surface area contributed by atoms with E-state index < -0.39 is 81.7 Å². The fourth-order valence-electron chi connectivity index (χ4n) is 7.94. The number of rotatable bonds is 11. The molecule has 0 aliphatic carbocycles. The van der Waals surface area contributed by atoms with Crippen molar-refractivity contribution in [1.82, 2.24) is 14.8 Å². The number of nitrogens with zero attached hydrogens (tertiary/aromatic N) is 3. The Kier molecular flexibility index (Phi) is 12.4. The molecular formula is C40H48BN5O13. The topological polar surface area (TPSA) is 251 Å². The number of aromatic nitrogens is 1. The lowest BCUT2D eigenvalue weighted by molar-refractivity contribution is -0.348. The van der Waals surface area contributed by atoms with E-state index in [9.17, 15) is 40.5 Å². The molecule has 0 bridgehead atoms. The van der Waals surface area contributed by atoms with Gasteiger partial charge in [-0.15, -0.1) is 0 Å². The SMILES string of the molecule is CN1CCN(CC(=O)Nc2ccc(N=C(c3ccccc3)c3c(O)[nH]c4cc(B5O[C@@H]6[C@@H](O)[C@H](O[C@H]7[C@H](O)[C@@H](O)[C@@H](O)O[C@@H]7CO)O[C@H](CO)[C@@H]6O5)ccc34)cc2)CC1. The lowest BCUT2D eigenvalue weighted by Gasteiger charge is -2.45. The summed E-state index contributed by atoms with van der Waals surface area (Å²) >= 11 is 0. The molecule has 59 heavy (non-hydrogen) atoms. The van der Waals surface area contributed by atoms with Crippen LogP contribution in [-0.2, 0) is 28.3 Å². The number of anilines is 1. The van der Waals surface area contributed by atoms with Gasteiger partial charge in [-0.1, -0.05) is 42.5 Å². The number of carbonyl (C=O) groups excluding carboxylic acids is 1. The monoisotopic (exact) mass is 817 g/mol. The first-order chi connectivity index (χ1) is 28.5. The molecule has 4 fully saturated rings. The number of carbonyl (C=O) groups is 1. The summed E-state index contributed by atoms with van der Waals surface area (Å²) in [6.07, 6.45) is -14.1. The van der Waals surface area contributed by atoms with Crippen LogP contribution in [0.3, 0.4) is 0 Å². The molecule has 4 saturated heterocycles. The van der Waals surface area contributed by atoms with Gasteiger partial charge < -0.3 is 74.5 Å². The first-order valence-corrected chi connectivity index (χ1v) is 19.5. The maximum absolute atomic E-state index is 12.8. The third-order valence-corrected chi connectivity index (χ3v) is 11.2. The van der Waals surface area contributed by atoms with Crippen LogP contribution in [-0.4, -0.2) is 184 Å². The van der Waals surface area contributed by atoms with E-state index in [0.29, 0.717) is 45.6 Å². The highest BCUT2D eigenvalue weighted by atomic mass is 16.7. The summed E-state index contributed by atoms with van der Waals surface area (Å²) in [6, 6.07) is 21.8. The third-order valence-electron chi connectivity index (χ3n) is 11.2. The van der Waals surface area contributed by atoms with Crippen molar-refractivity contribution in [3.05, 3.63) is 83.9 Å². The van der Waals surface area contributed by atoms with E-state index in [0.717, 1.165) is 31.7 Å². The smallest absolute Gasteiger partial charge is 0.494 e. The van der Waals surface area contributed by atoms with Gasteiger partial charge in [0.25, 0.3) is 0 Å². The van der Waals surface area contributed by atoms with Crippen molar-refractivity contribution < 1.29 is 64.1 Å². The molecule has 314 valence electrons. The minimum Gasteiger partial charge on any atom is -0.494 e. The molecule has 0 radical (unpaired) electrons. The lowest BCUT2D eigenvalue weighted by Crippen LogP contribution is -2.64.